The van der Waals surface area contributed by atoms with Crippen LogP contribution < -0.4 is 4.74 Å². The topological polar surface area (TPSA) is 26.3 Å². The van der Waals surface area contributed by atoms with Crippen LogP contribution in [0.5, 0.6) is 5.75 Å². The molecular formula is C14H20O2. The van der Waals surface area contributed by atoms with Gasteiger partial charge in [-0.1, -0.05) is 32.9 Å². The summed E-state index contributed by atoms with van der Waals surface area (Å²) in [7, 11) is 0. The number of hydrogen-bond donors (Lipinski definition) is 0. The fraction of sp³-hybridized carbons (Fsp3) is 0.500. The molecule has 16 heavy (non-hydrogen) atoms. The third-order valence-electron chi connectivity index (χ3n) is 2.65. The molecule has 2 nitrogen and oxygen atoms in total. The highest BCUT2D eigenvalue weighted by molar-refractivity contribution is 5.97. The normalized spacial score (nSPS) is 12.2. The highest BCUT2D eigenvalue weighted by Crippen LogP contribution is 2.17. The lowest BCUT2D eigenvalue weighted by atomic mass is 9.97. The summed E-state index contributed by atoms with van der Waals surface area (Å²) in [5.74, 6) is 1.07. The number of benzene rings is 1. The Balaban J connectivity index is 2.77. The Morgan fingerprint density at radius 2 is 2.12 bits per heavy atom. The first-order chi connectivity index (χ1) is 7.69. The van der Waals surface area contributed by atoms with Crippen molar-refractivity contribution in [1.82, 2.24) is 0 Å². The Hall–Kier alpha value is -1.31. The molecule has 88 valence electrons. The van der Waals surface area contributed by atoms with Gasteiger partial charge in [-0.3, -0.25) is 4.79 Å². The largest absolute Gasteiger partial charge is 0.494 e. The van der Waals surface area contributed by atoms with Crippen LogP contribution in [0.4, 0.5) is 0 Å². The number of rotatable bonds is 6. The minimum absolute atomic E-state index is 0.0847. The molecule has 0 bridgehead atoms. The predicted octanol–water partition coefficient (Wildman–Crippen LogP) is 3.70. The smallest absolute Gasteiger partial charge is 0.165 e. The number of ketones is 1. The highest BCUT2D eigenvalue weighted by Gasteiger charge is 2.13. The van der Waals surface area contributed by atoms with Crippen LogP contribution in [-0.2, 0) is 0 Å². The van der Waals surface area contributed by atoms with Crippen molar-refractivity contribution in [3.8, 4) is 5.75 Å². The molecule has 0 amide bonds. The van der Waals surface area contributed by atoms with E-state index in [-0.39, 0.29) is 11.7 Å². The van der Waals surface area contributed by atoms with Crippen molar-refractivity contribution in [2.45, 2.75) is 33.6 Å². The Bertz CT molecular complexity index is 344. The summed E-state index contributed by atoms with van der Waals surface area (Å²) in [4.78, 5) is 11.9. The van der Waals surface area contributed by atoms with Gasteiger partial charge in [-0.25, -0.2) is 0 Å². The Morgan fingerprint density at radius 3 is 2.75 bits per heavy atom. The van der Waals surface area contributed by atoms with E-state index in [4.69, 9.17) is 4.74 Å². The van der Waals surface area contributed by atoms with Crippen LogP contribution in [0.1, 0.15) is 44.0 Å². The summed E-state index contributed by atoms with van der Waals surface area (Å²) in [6.07, 6.45) is 1.85. The Kier molecular flexibility index (Phi) is 5.03. The molecule has 0 saturated carbocycles. The first-order valence-electron chi connectivity index (χ1n) is 5.96. The van der Waals surface area contributed by atoms with Crippen molar-refractivity contribution in [2.75, 3.05) is 6.61 Å². The SMILES string of the molecule is CCCOc1cccc(C(=O)C(C)CC)c1. The average Bonchev–Trinajstić information content (AvgIpc) is 2.34. The third kappa shape index (κ3) is 3.37. The number of carbonyl (C=O) groups is 1. The van der Waals surface area contributed by atoms with E-state index in [2.05, 4.69) is 6.92 Å². The van der Waals surface area contributed by atoms with Gasteiger partial charge in [0.05, 0.1) is 6.61 Å². The molecule has 2 heteroatoms. The van der Waals surface area contributed by atoms with Crippen LogP contribution >= 0.6 is 0 Å². The molecule has 1 aromatic rings. The van der Waals surface area contributed by atoms with Gasteiger partial charge in [0.15, 0.2) is 5.78 Å². The van der Waals surface area contributed by atoms with Gasteiger partial charge < -0.3 is 4.74 Å². The molecule has 0 aliphatic carbocycles. The summed E-state index contributed by atoms with van der Waals surface area (Å²) in [6.45, 7) is 6.75. The fourth-order valence-electron chi connectivity index (χ4n) is 1.43. The average molecular weight is 220 g/mol. The first kappa shape index (κ1) is 12.8. The third-order valence-corrected chi connectivity index (χ3v) is 2.65. The van der Waals surface area contributed by atoms with Crippen LogP contribution in [0, 0.1) is 5.92 Å². The molecule has 1 aromatic carbocycles. The number of ether oxygens (including phenoxy) is 1. The molecule has 0 aromatic heterocycles. The second-order valence-electron chi connectivity index (χ2n) is 4.05. The molecule has 0 spiro atoms. The molecule has 0 heterocycles. The molecule has 0 radical (unpaired) electrons. The van der Waals surface area contributed by atoms with Crippen LogP contribution in [0.2, 0.25) is 0 Å². The van der Waals surface area contributed by atoms with Crippen molar-refractivity contribution >= 4 is 5.78 Å². The molecule has 1 atom stereocenters. The summed E-state index contributed by atoms with van der Waals surface area (Å²) in [5.41, 5.74) is 0.753. The summed E-state index contributed by atoms with van der Waals surface area (Å²) in [6, 6.07) is 7.46. The van der Waals surface area contributed by atoms with E-state index >= 15 is 0 Å². The summed E-state index contributed by atoms with van der Waals surface area (Å²) < 4.78 is 5.51. The van der Waals surface area contributed by atoms with Crippen molar-refractivity contribution in [2.24, 2.45) is 5.92 Å². The van der Waals surface area contributed by atoms with Crippen molar-refractivity contribution in [1.29, 1.82) is 0 Å². The van der Waals surface area contributed by atoms with Gasteiger partial charge in [-0.05, 0) is 25.0 Å². The van der Waals surface area contributed by atoms with Gasteiger partial charge in [0, 0.05) is 11.5 Å². The van der Waals surface area contributed by atoms with Gasteiger partial charge in [-0.2, -0.15) is 0 Å². The summed E-state index contributed by atoms with van der Waals surface area (Å²) >= 11 is 0. The van der Waals surface area contributed by atoms with E-state index in [0.717, 1.165) is 24.2 Å². The van der Waals surface area contributed by atoms with E-state index in [1.807, 2.05) is 38.1 Å². The van der Waals surface area contributed by atoms with Crippen LogP contribution in [0.15, 0.2) is 24.3 Å². The molecule has 0 aliphatic heterocycles. The number of Topliss-reactive ketones (excluding diaryl/α,β-unsaturated/α-hetero) is 1. The van der Waals surface area contributed by atoms with E-state index in [1.165, 1.54) is 0 Å². The van der Waals surface area contributed by atoms with E-state index in [9.17, 15) is 4.79 Å². The quantitative estimate of drug-likeness (QED) is 0.683. The maximum Gasteiger partial charge on any atom is 0.165 e. The first-order valence-corrected chi connectivity index (χ1v) is 5.96. The summed E-state index contributed by atoms with van der Waals surface area (Å²) in [5, 5.41) is 0. The number of hydrogen-bond acceptors (Lipinski definition) is 2. The molecule has 1 rings (SSSR count). The maximum absolute atomic E-state index is 11.9. The molecule has 0 saturated heterocycles. The highest BCUT2D eigenvalue weighted by atomic mass is 16.5. The standard InChI is InChI=1S/C14H20O2/c1-4-9-16-13-8-6-7-12(10-13)14(15)11(3)5-2/h6-8,10-11H,4-5,9H2,1-3H3. The molecule has 0 fully saturated rings. The predicted molar refractivity (Wildman–Crippen MR) is 66.0 cm³/mol. The second-order valence-corrected chi connectivity index (χ2v) is 4.05. The van der Waals surface area contributed by atoms with E-state index in [0.29, 0.717) is 6.61 Å². The van der Waals surface area contributed by atoms with Crippen LogP contribution in [0.3, 0.4) is 0 Å². The molecule has 0 aliphatic rings. The zero-order valence-electron chi connectivity index (χ0n) is 10.3. The van der Waals surface area contributed by atoms with Crippen molar-refractivity contribution in [3.05, 3.63) is 29.8 Å². The lowest BCUT2D eigenvalue weighted by Crippen LogP contribution is -2.10. The van der Waals surface area contributed by atoms with Crippen LogP contribution in [0.25, 0.3) is 0 Å². The monoisotopic (exact) mass is 220 g/mol. The zero-order chi connectivity index (χ0) is 12.0. The molecule has 0 N–H and O–H groups in total. The van der Waals surface area contributed by atoms with Gasteiger partial charge in [-0.15, -0.1) is 0 Å². The Morgan fingerprint density at radius 1 is 1.38 bits per heavy atom. The number of carbonyl (C=O) groups excluding carboxylic acids is 1. The van der Waals surface area contributed by atoms with Gasteiger partial charge in [0.25, 0.3) is 0 Å². The Labute approximate surface area is 97.6 Å². The second kappa shape index (κ2) is 6.31. The van der Waals surface area contributed by atoms with Crippen LogP contribution in [-0.4, -0.2) is 12.4 Å². The molecular weight excluding hydrogens is 200 g/mol. The molecule has 1 unspecified atom stereocenters. The lowest BCUT2D eigenvalue weighted by Gasteiger charge is -2.09. The lowest BCUT2D eigenvalue weighted by molar-refractivity contribution is 0.0927. The minimum Gasteiger partial charge on any atom is -0.494 e. The minimum atomic E-state index is 0.0847. The van der Waals surface area contributed by atoms with E-state index < -0.39 is 0 Å². The van der Waals surface area contributed by atoms with E-state index in [1.54, 1.807) is 0 Å². The van der Waals surface area contributed by atoms with Gasteiger partial charge in [0.1, 0.15) is 5.75 Å². The van der Waals surface area contributed by atoms with Gasteiger partial charge in [0.2, 0.25) is 0 Å². The maximum atomic E-state index is 11.9. The van der Waals surface area contributed by atoms with Crippen molar-refractivity contribution < 1.29 is 9.53 Å². The zero-order valence-corrected chi connectivity index (χ0v) is 10.3. The van der Waals surface area contributed by atoms with Gasteiger partial charge >= 0.3 is 0 Å². The fourth-order valence-corrected chi connectivity index (χ4v) is 1.43. The van der Waals surface area contributed by atoms with Crippen molar-refractivity contribution in [3.63, 3.8) is 0 Å².